The molecule has 1 aromatic carbocycles. The number of amides is 1. The minimum absolute atomic E-state index is 0.0751. The zero-order valence-electron chi connectivity index (χ0n) is 15.9. The third-order valence-corrected chi connectivity index (χ3v) is 6.28. The van der Waals surface area contributed by atoms with Crippen LogP contribution in [0.1, 0.15) is 24.1 Å². The first-order valence-corrected chi connectivity index (χ1v) is 11.2. The molecule has 1 amide bonds. The van der Waals surface area contributed by atoms with Gasteiger partial charge in [0, 0.05) is 31.9 Å². The highest BCUT2D eigenvalue weighted by Gasteiger charge is 2.32. The van der Waals surface area contributed by atoms with Crippen LogP contribution in [0.2, 0.25) is 0 Å². The summed E-state index contributed by atoms with van der Waals surface area (Å²) in [5.41, 5.74) is 1.74. The van der Waals surface area contributed by atoms with Gasteiger partial charge in [-0.25, -0.2) is 13.4 Å². The smallest absolute Gasteiger partial charge is 0.242 e. The molecule has 1 unspecified atom stereocenters. The maximum Gasteiger partial charge on any atom is 0.242 e. The van der Waals surface area contributed by atoms with Crippen molar-refractivity contribution in [2.75, 3.05) is 31.2 Å². The molecule has 28 heavy (non-hydrogen) atoms. The molecule has 0 saturated carbocycles. The lowest BCUT2D eigenvalue weighted by Crippen LogP contribution is -2.47. The molecule has 150 valence electrons. The highest BCUT2D eigenvalue weighted by molar-refractivity contribution is 7.91. The molecule has 1 fully saturated rings. The van der Waals surface area contributed by atoms with Crippen molar-refractivity contribution in [2.45, 2.75) is 19.5 Å². The van der Waals surface area contributed by atoms with Gasteiger partial charge >= 0.3 is 0 Å². The monoisotopic (exact) mass is 403 g/mol. The number of carbonyl (C=O) groups excluding carboxylic acids is 1. The Bertz CT molecular complexity index is 889. The van der Waals surface area contributed by atoms with Crippen LogP contribution in [-0.2, 0) is 21.2 Å². The molecule has 8 heteroatoms. The van der Waals surface area contributed by atoms with E-state index in [-0.39, 0.29) is 17.4 Å². The minimum atomic E-state index is -3.02. The molecule has 2 aromatic rings. The minimum Gasteiger partial charge on any atom is -0.478 e. The van der Waals surface area contributed by atoms with Crippen molar-refractivity contribution in [1.29, 1.82) is 0 Å². The Hall–Kier alpha value is -2.45. The maximum atomic E-state index is 13.0. The van der Waals surface area contributed by atoms with Crippen molar-refractivity contribution in [3.8, 4) is 5.88 Å². The molecular weight excluding hydrogens is 378 g/mol. The molecule has 0 bridgehead atoms. The van der Waals surface area contributed by atoms with E-state index in [0.29, 0.717) is 32.1 Å². The lowest BCUT2D eigenvalue weighted by atomic mass is 10.0. The second-order valence-electron chi connectivity index (χ2n) is 6.65. The van der Waals surface area contributed by atoms with Crippen molar-refractivity contribution in [1.82, 2.24) is 15.2 Å². The molecule has 1 aliphatic rings. The first-order valence-electron chi connectivity index (χ1n) is 9.33. The van der Waals surface area contributed by atoms with Crippen molar-refractivity contribution in [3.05, 3.63) is 59.8 Å². The number of hydrogen-bond acceptors (Lipinski definition) is 6. The van der Waals surface area contributed by atoms with Crippen molar-refractivity contribution < 1.29 is 17.9 Å². The van der Waals surface area contributed by atoms with Crippen LogP contribution < -0.4 is 10.1 Å². The maximum absolute atomic E-state index is 13.0. The molecule has 0 aliphatic carbocycles. The second-order valence-corrected chi connectivity index (χ2v) is 8.96. The van der Waals surface area contributed by atoms with E-state index in [1.165, 1.54) is 0 Å². The van der Waals surface area contributed by atoms with E-state index in [9.17, 15) is 13.2 Å². The zero-order chi connectivity index (χ0) is 20.0. The van der Waals surface area contributed by atoms with Gasteiger partial charge in [0.25, 0.3) is 0 Å². The quantitative estimate of drug-likeness (QED) is 0.755. The van der Waals surface area contributed by atoms with Crippen LogP contribution in [0.5, 0.6) is 5.88 Å². The Morgan fingerprint density at radius 1 is 1.21 bits per heavy atom. The number of ether oxygens (including phenoxy) is 1. The van der Waals surface area contributed by atoms with E-state index in [1.54, 1.807) is 12.3 Å². The summed E-state index contributed by atoms with van der Waals surface area (Å²) in [6, 6.07) is 12.6. The second kappa shape index (κ2) is 9.16. The van der Waals surface area contributed by atoms with Crippen LogP contribution in [0, 0.1) is 0 Å². The molecular formula is C20H25N3O4S. The van der Waals surface area contributed by atoms with Gasteiger partial charge in [0.05, 0.1) is 18.1 Å². The number of aromatic nitrogens is 1. The normalized spacial score (nSPS) is 17.6. The third kappa shape index (κ3) is 5.30. The largest absolute Gasteiger partial charge is 0.478 e. The van der Waals surface area contributed by atoms with E-state index in [2.05, 4.69) is 10.3 Å². The van der Waals surface area contributed by atoms with Crippen LogP contribution in [0.4, 0.5) is 0 Å². The Balaban J connectivity index is 1.73. The van der Waals surface area contributed by atoms with Crippen LogP contribution in [-0.4, -0.2) is 55.4 Å². The number of nitrogens with zero attached hydrogens (tertiary/aromatic N) is 2. The Morgan fingerprint density at radius 3 is 2.61 bits per heavy atom. The third-order valence-electron chi connectivity index (χ3n) is 4.67. The van der Waals surface area contributed by atoms with Gasteiger partial charge in [-0.15, -0.1) is 0 Å². The Kier molecular flexibility index (Phi) is 6.64. The number of sulfone groups is 1. The van der Waals surface area contributed by atoms with Crippen molar-refractivity contribution >= 4 is 15.7 Å². The molecule has 2 heterocycles. The van der Waals surface area contributed by atoms with E-state index in [4.69, 9.17) is 4.74 Å². The summed E-state index contributed by atoms with van der Waals surface area (Å²) in [5.74, 6) is 0.521. The van der Waals surface area contributed by atoms with E-state index in [0.717, 1.165) is 11.1 Å². The van der Waals surface area contributed by atoms with Gasteiger partial charge in [-0.3, -0.25) is 9.69 Å². The first kappa shape index (κ1) is 20.3. The molecule has 1 atom stereocenters. The molecule has 0 spiro atoms. The fourth-order valence-corrected chi connectivity index (χ4v) is 4.45. The van der Waals surface area contributed by atoms with Gasteiger partial charge in [-0.1, -0.05) is 30.3 Å². The number of nitrogens with one attached hydrogen (secondary N) is 1. The van der Waals surface area contributed by atoms with Crippen molar-refractivity contribution in [3.63, 3.8) is 0 Å². The SMILES string of the molecule is CCOc1cc(CNC(=O)C(c2ccccc2)N2CCS(=O)(=O)CC2)ccn1. The molecule has 3 rings (SSSR count). The fraction of sp³-hybridized carbons (Fsp3) is 0.400. The predicted molar refractivity (Wildman–Crippen MR) is 107 cm³/mol. The molecule has 1 saturated heterocycles. The van der Waals surface area contributed by atoms with E-state index in [1.807, 2.05) is 48.2 Å². The summed E-state index contributed by atoms with van der Waals surface area (Å²) in [6.45, 7) is 3.45. The van der Waals surface area contributed by atoms with Crippen LogP contribution >= 0.6 is 0 Å². The van der Waals surface area contributed by atoms with Gasteiger partial charge in [0.1, 0.15) is 6.04 Å². The standard InChI is InChI=1S/C20H25N3O4S/c1-2-27-18-14-16(8-9-21-18)15-22-20(24)19(17-6-4-3-5-7-17)23-10-12-28(25,26)13-11-23/h3-9,14,19H,2,10-13,15H2,1H3,(H,22,24). The Labute approximate surface area is 165 Å². The highest BCUT2D eigenvalue weighted by atomic mass is 32.2. The number of rotatable bonds is 7. The first-order chi connectivity index (χ1) is 13.5. The summed E-state index contributed by atoms with van der Waals surface area (Å²) < 4.78 is 28.9. The average Bonchev–Trinajstić information content (AvgIpc) is 2.69. The number of pyridine rings is 1. The van der Waals surface area contributed by atoms with Crippen LogP contribution in [0.15, 0.2) is 48.7 Å². The number of carbonyl (C=O) groups is 1. The van der Waals surface area contributed by atoms with Crippen LogP contribution in [0.25, 0.3) is 0 Å². The zero-order valence-corrected chi connectivity index (χ0v) is 16.7. The molecule has 7 nitrogen and oxygen atoms in total. The van der Waals surface area contributed by atoms with E-state index >= 15 is 0 Å². The molecule has 1 N–H and O–H groups in total. The number of hydrogen-bond donors (Lipinski definition) is 1. The predicted octanol–water partition coefficient (Wildman–Crippen LogP) is 1.57. The van der Waals surface area contributed by atoms with Gasteiger partial charge in [0.15, 0.2) is 9.84 Å². The highest BCUT2D eigenvalue weighted by Crippen LogP contribution is 2.23. The fourth-order valence-electron chi connectivity index (χ4n) is 3.22. The number of benzene rings is 1. The van der Waals surface area contributed by atoms with E-state index < -0.39 is 15.9 Å². The molecule has 1 aromatic heterocycles. The molecule has 1 aliphatic heterocycles. The summed E-state index contributed by atoms with van der Waals surface area (Å²) in [5, 5.41) is 2.97. The average molecular weight is 404 g/mol. The summed E-state index contributed by atoms with van der Waals surface area (Å²) in [4.78, 5) is 19.1. The van der Waals surface area contributed by atoms with Gasteiger partial charge < -0.3 is 10.1 Å². The summed E-state index contributed by atoms with van der Waals surface area (Å²) >= 11 is 0. The summed E-state index contributed by atoms with van der Waals surface area (Å²) in [7, 11) is -3.02. The topological polar surface area (TPSA) is 88.6 Å². The van der Waals surface area contributed by atoms with Crippen molar-refractivity contribution in [2.24, 2.45) is 0 Å². The summed E-state index contributed by atoms with van der Waals surface area (Å²) in [6.07, 6.45) is 1.65. The lowest BCUT2D eigenvalue weighted by molar-refractivity contribution is -0.126. The van der Waals surface area contributed by atoms with Gasteiger partial charge in [-0.2, -0.15) is 0 Å². The van der Waals surface area contributed by atoms with Gasteiger partial charge in [0.2, 0.25) is 11.8 Å². The lowest BCUT2D eigenvalue weighted by Gasteiger charge is -2.33. The Morgan fingerprint density at radius 2 is 1.93 bits per heavy atom. The van der Waals surface area contributed by atoms with Gasteiger partial charge in [-0.05, 0) is 24.1 Å². The molecule has 0 radical (unpaired) electrons. The van der Waals surface area contributed by atoms with Crippen LogP contribution in [0.3, 0.4) is 0 Å².